The van der Waals surface area contributed by atoms with Crippen LogP contribution >= 0.6 is 0 Å². The summed E-state index contributed by atoms with van der Waals surface area (Å²) in [7, 11) is 0. The molecule has 1 heterocycles. The lowest BCUT2D eigenvalue weighted by Crippen LogP contribution is -2.55. The molecule has 1 N–H and O–H groups in total. The highest BCUT2D eigenvalue weighted by molar-refractivity contribution is 6.04. The second-order valence-corrected chi connectivity index (χ2v) is 4.91. The van der Waals surface area contributed by atoms with Gasteiger partial charge in [-0.25, -0.2) is 0 Å². The van der Waals surface area contributed by atoms with Gasteiger partial charge in [0.2, 0.25) is 11.8 Å². The Hall–Kier alpha value is -2.37. The van der Waals surface area contributed by atoms with Gasteiger partial charge in [0.1, 0.15) is 6.54 Å². The first-order valence-corrected chi connectivity index (χ1v) is 6.25. The van der Waals surface area contributed by atoms with E-state index in [4.69, 9.17) is 5.11 Å². The van der Waals surface area contributed by atoms with E-state index in [1.807, 2.05) is 32.0 Å². The number of carbonyl (C=O) groups excluding carboxylic acids is 2. The number of piperazine rings is 1. The van der Waals surface area contributed by atoms with Crippen LogP contribution in [-0.2, 0) is 14.4 Å². The Morgan fingerprint density at radius 2 is 1.80 bits per heavy atom. The number of hydrogen-bond acceptors (Lipinski definition) is 4. The molecule has 1 aliphatic rings. The predicted molar refractivity (Wildman–Crippen MR) is 72.5 cm³/mol. The number of carboxylic acid groups (broad SMARTS) is 1. The zero-order valence-corrected chi connectivity index (χ0v) is 11.4. The van der Waals surface area contributed by atoms with Crippen molar-refractivity contribution < 1.29 is 19.5 Å². The molecular formula is C14H16N2O4. The summed E-state index contributed by atoms with van der Waals surface area (Å²) in [6.45, 7) is 3.35. The van der Waals surface area contributed by atoms with Crippen LogP contribution in [0, 0.1) is 13.8 Å². The average molecular weight is 276 g/mol. The molecule has 0 aliphatic carbocycles. The number of hydrogen-bond donors (Lipinski definition) is 1. The van der Waals surface area contributed by atoms with Crippen molar-refractivity contribution in [3.05, 3.63) is 29.3 Å². The number of imide groups is 1. The van der Waals surface area contributed by atoms with Crippen LogP contribution < -0.4 is 4.90 Å². The van der Waals surface area contributed by atoms with E-state index >= 15 is 0 Å². The summed E-state index contributed by atoms with van der Waals surface area (Å²) in [4.78, 5) is 36.9. The Morgan fingerprint density at radius 1 is 1.20 bits per heavy atom. The van der Waals surface area contributed by atoms with Crippen LogP contribution in [0.3, 0.4) is 0 Å². The summed E-state index contributed by atoms with van der Waals surface area (Å²) in [5, 5.41) is 8.70. The quantitative estimate of drug-likeness (QED) is 0.816. The minimum absolute atomic E-state index is 0.0168. The third kappa shape index (κ3) is 2.79. The maximum atomic E-state index is 11.9. The van der Waals surface area contributed by atoms with E-state index in [1.165, 1.54) is 0 Å². The summed E-state index contributed by atoms with van der Waals surface area (Å²) in [6.07, 6.45) is 0. The Balaban J connectivity index is 2.20. The van der Waals surface area contributed by atoms with Crippen molar-refractivity contribution in [1.82, 2.24) is 4.90 Å². The number of rotatable bonds is 3. The van der Waals surface area contributed by atoms with Gasteiger partial charge in [-0.05, 0) is 25.5 Å². The third-order valence-corrected chi connectivity index (χ3v) is 3.24. The molecule has 0 spiro atoms. The summed E-state index contributed by atoms with van der Waals surface area (Å²) in [6, 6.07) is 5.77. The molecule has 0 aromatic heterocycles. The Morgan fingerprint density at radius 3 is 2.30 bits per heavy atom. The van der Waals surface area contributed by atoms with Crippen molar-refractivity contribution in [2.45, 2.75) is 13.8 Å². The number of carboxylic acids is 1. The first kappa shape index (κ1) is 14.0. The molecule has 0 unspecified atom stereocenters. The fraction of sp³-hybridized carbons (Fsp3) is 0.357. The van der Waals surface area contributed by atoms with E-state index in [-0.39, 0.29) is 13.1 Å². The number of amides is 2. The van der Waals surface area contributed by atoms with Gasteiger partial charge in [-0.15, -0.1) is 0 Å². The van der Waals surface area contributed by atoms with Crippen molar-refractivity contribution in [1.29, 1.82) is 0 Å². The summed E-state index contributed by atoms with van der Waals surface area (Å²) >= 11 is 0. The normalized spacial score (nSPS) is 15.7. The van der Waals surface area contributed by atoms with E-state index in [9.17, 15) is 14.4 Å². The van der Waals surface area contributed by atoms with Crippen molar-refractivity contribution in [2.24, 2.45) is 0 Å². The van der Waals surface area contributed by atoms with Gasteiger partial charge in [0.25, 0.3) is 0 Å². The maximum Gasteiger partial charge on any atom is 0.323 e. The SMILES string of the molecule is Cc1ccc(N2CC(=O)N(CC(=O)O)C(=O)C2)c(C)c1. The first-order valence-electron chi connectivity index (χ1n) is 6.25. The van der Waals surface area contributed by atoms with Crippen molar-refractivity contribution >= 4 is 23.5 Å². The minimum Gasteiger partial charge on any atom is -0.480 e. The van der Waals surface area contributed by atoms with Gasteiger partial charge in [-0.1, -0.05) is 17.7 Å². The molecule has 1 aliphatic heterocycles. The molecule has 0 saturated carbocycles. The highest BCUT2D eigenvalue weighted by Gasteiger charge is 2.32. The number of carbonyl (C=O) groups is 3. The van der Waals surface area contributed by atoms with E-state index in [2.05, 4.69) is 0 Å². The number of benzene rings is 1. The second kappa shape index (κ2) is 5.32. The molecule has 1 saturated heterocycles. The first-order chi connectivity index (χ1) is 9.38. The van der Waals surface area contributed by atoms with Crippen LogP contribution in [-0.4, -0.2) is 47.4 Å². The number of anilines is 1. The fourth-order valence-corrected chi connectivity index (χ4v) is 2.33. The lowest BCUT2D eigenvalue weighted by molar-refractivity contribution is -0.153. The van der Waals surface area contributed by atoms with Crippen molar-refractivity contribution in [2.75, 3.05) is 24.5 Å². The third-order valence-electron chi connectivity index (χ3n) is 3.24. The van der Waals surface area contributed by atoms with E-state index in [0.717, 1.165) is 21.7 Å². The largest absolute Gasteiger partial charge is 0.480 e. The average Bonchev–Trinajstić information content (AvgIpc) is 2.33. The van der Waals surface area contributed by atoms with Gasteiger partial charge in [0.05, 0.1) is 13.1 Å². The predicted octanol–water partition coefficient (Wildman–Crippen LogP) is 0.563. The van der Waals surface area contributed by atoms with Gasteiger partial charge < -0.3 is 10.0 Å². The molecule has 0 bridgehead atoms. The standard InChI is InChI=1S/C14H16N2O4/c1-9-3-4-11(10(2)5-9)15-6-12(17)16(8-14(19)20)13(18)7-15/h3-5H,6-8H2,1-2H3,(H,19,20). The Labute approximate surface area is 116 Å². The summed E-state index contributed by atoms with van der Waals surface area (Å²) < 4.78 is 0. The highest BCUT2D eigenvalue weighted by Crippen LogP contribution is 2.23. The Kier molecular flexibility index (Phi) is 3.74. The molecule has 2 amide bonds. The van der Waals surface area contributed by atoms with Gasteiger partial charge in [0, 0.05) is 5.69 Å². The number of aryl methyl sites for hydroxylation is 2. The molecule has 20 heavy (non-hydrogen) atoms. The van der Waals surface area contributed by atoms with Crippen LogP contribution in [0.15, 0.2) is 18.2 Å². The number of aliphatic carboxylic acids is 1. The Bertz CT molecular complexity index is 565. The van der Waals surface area contributed by atoms with Gasteiger partial charge in [-0.2, -0.15) is 0 Å². The summed E-state index contributed by atoms with van der Waals surface area (Å²) in [5.74, 6) is -2.15. The topological polar surface area (TPSA) is 77.9 Å². The van der Waals surface area contributed by atoms with Gasteiger partial charge >= 0.3 is 5.97 Å². The zero-order valence-electron chi connectivity index (χ0n) is 11.4. The molecule has 1 fully saturated rings. The van der Waals surface area contributed by atoms with Crippen LogP contribution in [0.1, 0.15) is 11.1 Å². The molecule has 1 aromatic rings. The van der Waals surface area contributed by atoms with Crippen LogP contribution in [0.4, 0.5) is 5.69 Å². The van der Waals surface area contributed by atoms with Crippen LogP contribution in [0.2, 0.25) is 0 Å². The van der Waals surface area contributed by atoms with Crippen LogP contribution in [0.5, 0.6) is 0 Å². The summed E-state index contributed by atoms with van der Waals surface area (Å²) in [5.41, 5.74) is 2.91. The molecule has 2 rings (SSSR count). The molecule has 6 nitrogen and oxygen atoms in total. The van der Waals surface area contributed by atoms with Gasteiger partial charge in [-0.3, -0.25) is 19.3 Å². The molecule has 1 aromatic carbocycles. The molecule has 106 valence electrons. The monoisotopic (exact) mass is 276 g/mol. The number of nitrogens with zero attached hydrogens (tertiary/aromatic N) is 2. The van der Waals surface area contributed by atoms with Gasteiger partial charge in [0.15, 0.2) is 0 Å². The van der Waals surface area contributed by atoms with E-state index in [1.54, 1.807) is 4.90 Å². The van der Waals surface area contributed by atoms with Crippen molar-refractivity contribution in [3.63, 3.8) is 0 Å². The lowest BCUT2D eigenvalue weighted by atomic mass is 10.1. The fourth-order valence-electron chi connectivity index (χ4n) is 2.33. The van der Waals surface area contributed by atoms with E-state index < -0.39 is 24.3 Å². The molecular weight excluding hydrogens is 260 g/mol. The second-order valence-electron chi connectivity index (χ2n) is 4.91. The molecule has 6 heteroatoms. The smallest absolute Gasteiger partial charge is 0.323 e. The minimum atomic E-state index is -1.19. The maximum absolute atomic E-state index is 11.9. The van der Waals surface area contributed by atoms with Crippen LogP contribution in [0.25, 0.3) is 0 Å². The zero-order chi connectivity index (χ0) is 14.9. The molecule has 0 radical (unpaired) electrons. The van der Waals surface area contributed by atoms with E-state index in [0.29, 0.717) is 0 Å². The highest BCUT2D eigenvalue weighted by atomic mass is 16.4. The lowest BCUT2D eigenvalue weighted by Gasteiger charge is -2.34. The molecule has 0 atom stereocenters. The van der Waals surface area contributed by atoms with Crippen molar-refractivity contribution in [3.8, 4) is 0 Å².